The largest absolute Gasteiger partial charge is 0.480 e. The Hall–Kier alpha value is -1.30. The van der Waals surface area contributed by atoms with Crippen molar-refractivity contribution in [3.8, 4) is 5.75 Å². The molecule has 1 amide bonds. The number of carbonyl (C=O) groups is 1. The summed E-state index contributed by atoms with van der Waals surface area (Å²) < 4.78 is 11.0. The molecule has 1 atom stereocenters. The van der Waals surface area contributed by atoms with Crippen molar-refractivity contribution in [2.45, 2.75) is 25.4 Å². The highest BCUT2D eigenvalue weighted by molar-refractivity contribution is 6.30. The molecule has 1 aromatic carbocycles. The maximum Gasteiger partial charge on any atom is 0.261 e. The van der Waals surface area contributed by atoms with Crippen molar-refractivity contribution in [1.82, 2.24) is 10.2 Å². The smallest absolute Gasteiger partial charge is 0.261 e. The van der Waals surface area contributed by atoms with Crippen molar-refractivity contribution >= 4 is 17.5 Å². The molecule has 126 valence electrons. The van der Waals surface area contributed by atoms with Gasteiger partial charge in [-0.05, 0) is 43.1 Å². The van der Waals surface area contributed by atoms with Gasteiger partial charge in [-0.15, -0.1) is 0 Å². The summed E-state index contributed by atoms with van der Waals surface area (Å²) in [5.74, 6) is 0.727. The molecule has 6 heteroatoms. The van der Waals surface area contributed by atoms with E-state index in [0.717, 1.165) is 57.0 Å². The van der Waals surface area contributed by atoms with E-state index in [2.05, 4.69) is 10.2 Å². The normalized spacial score (nSPS) is 20.8. The minimum Gasteiger partial charge on any atom is -0.480 e. The Balaban J connectivity index is 1.33. The average molecular weight is 339 g/mol. The van der Waals surface area contributed by atoms with E-state index in [1.807, 2.05) is 12.1 Å². The van der Waals surface area contributed by atoms with E-state index in [1.165, 1.54) is 0 Å². The lowest BCUT2D eigenvalue weighted by molar-refractivity contribution is -0.127. The molecule has 0 radical (unpaired) electrons. The second kappa shape index (κ2) is 7.99. The van der Waals surface area contributed by atoms with Gasteiger partial charge in [0.2, 0.25) is 0 Å². The minimum atomic E-state index is -0.428. The van der Waals surface area contributed by atoms with Crippen LogP contribution in [0.4, 0.5) is 0 Å². The van der Waals surface area contributed by atoms with Crippen LogP contribution in [0.1, 0.15) is 18.4 Å². The molecule has 1 fully saturated rings. The van der Waals surface area contributed by atoms with Crippen LogP contribution in [-0.2, 0) is 16.0 Å². The number of nitrogens with zero attached hydrogens (tertiary/aromatic N) is 1. The van der Waals surface area contributed by atoms with E-state index in [1.54, 1.807) is 6.07 Å². The van der Waals surface area contributed by atoms with Crippen molar-refractivity contribution in [2.75, 3.05) is 39.4 Å². The van der Waals surface area contributed by atoms with Gasteiger partial charge in [-0.2, -0.15) is 0 Å². The molecule has 2 aliphatic rings. The molecule has 1 saturated heterocycles. The minimum absolute atomic E-state index is 0.0382. The lowest BCUT2D eigenvalue weighted by Gasteiger charge is -2.26. The fourth-order valence-corrected chi connectivity index (χ4v) is 3.17. The molecular weight excluding hydrogens is 316 g/mol. The summed E-state index contributed by atoms with van der Waals surface area (Å²) in [4.78, 5) is 14.6. The molecule has 0 spiro atoms. The standard InChI is InChI=1S/C17H23ClN2O3/c18-14-3-4-15-13(11-14)12-16(23-15)17(21)19-5-1-2-6-20-7-9-22-10-8-20/h3-4,11,16H,1-2,5-10,12H2,(H,19,21). The summed E-state index contributed by atoms with van der Waals surface area (Å²) in [6.07, 6.45) is 2.23. The fraction of sp³-hybridized carbons (Fsp3) is 0.588. The second-order valence-electron chi connectivity index (χ2n) is 6.01. The highest BCUT2D eigenvalue weighted by Crippen LogP contribution is 2.31. The van der Waals surface area contributed by atoms with Gasteiger partial charge in [-0.3, -0.25) is 9.69 Å². The van der Waals surface area contributed by atoms with Gasteiger partial charge in [-0.1, -0.05) is 11.6 Å². The van der Waals surface area contributed by atoms with Crippen LogP contribution in [0.25, 0.3) is 0 Å². The van der Waals surface area contributed by atoms with E-state index < -0.39 is 6.10 Å². The molecule has 2 heterocycles. The summed E-state index contributed by atoms with van der Waals surface area (Å²) in [5.41, 5.74) is 1.00. The third-order valence-electron chi connectivity index (χ3n) is 4.29. The molecule has 5 nitrogen and oxygen atoms in total. The van der Waals surface area contributed by atoms with Gasteiger partial charge in [0, 0.05) is 31.1 Å². The van der Waals surface area contributed by atoms with Gasteiger partial charge in [-0.25, -0.2) is 0 Å². The molecule has 1 N–H and O–H groups in total. The molecule has 0 saturated carbocycles. The molecule has 0 aromatic heterocycles. The lowest BCUT2D eigenvalue weighted by atomic mass is 10.1. The van der Waals surface area contributed by atoms with Gasteiger partial charge in [0.1, 0.15) is 5.75 Å². The first-order valence-electron chi connectivity index (χ1n) is 8.25. The highest BCUT2D eigenvalue weighted by Gasteiger charge is 2.28. The monoisotopic (exact) mass is 338 g/mol. The third kappa shape index (κ3) is 4.59. The van der Waals surface area contributed by atoms with Crippen LogP contribution >= 0.6 is 11.6 Å². The molecule has 1 unspecified atom stereocenters. The Morgan fingerprint density at radius 1 is 1.30 bits per heavy atom. The number of fused-ring (bicyclic) bond motifs is 1. The summed E-state index contributed by atoms with van der Waals surface area (Å²) in [6.45, 7) is 5.47. The molecule has 0 bridgehead atoms. The van der Waals surface area contributed by atoms with Gasteiger partial charge in [0.15, 0.2) is 6.10 Å². The van der Waals surface area contributed by atoms with Gasteiger partial charge < -0.3 is 14.8 Å². The number of hydrogen-bond donors (Lipinski definition) is 1. The quantitative estimate of drug-likeness (QED) is 0.805. The maximum atomic E-state index is 12.2. The van der Waals surface area contributed by atoms with Crippen LogP contribution in [0.2, 0.25) is 5.02 Å². The van der Waals surface area contributed by atoms with Crippen LogP contribution in [-0.4, -0.2) is 56.3 Å². The van der Waals surface area contributed by atoms with Crippen LogP contribution in [0, 0.1) is 0 Å². The Bertz CT molecular complexity index is 547. The zero-order valence-corrected chi connectivity index (χ0v) is 14.0. The number of unbranched alkanes of at least 4 members (excludes halogenated alkanes) is 1. The first-order valence-corrected chi connectivity index (χ1v) is 8.63. The first kappa shape index (κ1) is 16.6. The lowest BCUT2D eigenvalue weighted by Crippen LogP contribution is -2.39. The van der Waals surface area contributed by atoms with Crippen LogP contribution in [0.3, 0.4) is 0 Å². The third-order valence-corrected chi connectivity index (χ3v) is 4.53. The predicted molar refractivity (Wildman–Crippen MR) is 89.1 cm³/mol. The Morgan fingerprint density at radius 3 is 2.96 bits per heavy atom. The number of rotatable bonds is 6. The van der Waals surface area contributed by atoms with Crippen molar-refractivity contribution < 1.29 is 14.3 Å². The Labute approximate surface area is 141 Å². The van der Waals surface area contributed by atoms with Gasteiger partial charge in [0.25, 0.3) is 5.91 Å². The Kier molecular flexibility index (Phi) is 5.75. The Morgan fingerprint density at radius 2 is 2.13 bits per heavy atom. The first-order chi connectivity index (χ1) is 11.2. The number of benzene rings is 1. The van der Waals surface area contributed by atoms with Gasteiger partial charge in [0.05, 0.1) is 13.2 Å². The molecule has 1 aromatic rings. The fourth-order valence-electron chi connectivity index (χ4n) is 2.97. The number of hydrogen-bond acceptors (Lipinski definition) is 4. The molecule has 2 aliphatic heterocycles. The van der Waals surface area contributed by atoms with E-state index in [4.69, 9.17) is 21.1 Å². The number of morpholine rings is 1. The van der Waals surface area contributed by atoms with E-state index in [0.29, 0.717) is 18.0 Å². The number of halogens is 1. The molecular formula is C17H23ClN2O3. The van der Waals surface area contributed by atoms with E-state index in [-0.39, 0.29) is 5.91 Å². The topological polar surface area (TPSA) is 50.8 Å². The number of carbonyl (C=O) groups excluding carboxylic acids is 1. The van der Waals surface area contributed by atoms with Crippen molar-refractivity contribution in [3.05, 3.63) is 28.8 Å². The maximum absolute atomic E-state index is 12.2. The zero-order valence-electron chi connectivity index (χ0n) is 13.2. The van der Waals surface area contributed by atoms with E-state index >= 15 is 0 Å². The predicted octanol–water partition coefficient (Wildman–Crippen LogP) is 1.87. The summed E-state index contributed by atoms with van der Waals surface area (Å²) in [7, 11) is 0. The number of amides is 1. The number of nitrogens with one attached hydrogen (secondary N) is 1. The molecule has 23 heavy (non-hydrogen) atoms. The highest BCUT2D eigenvalue weighted by atomic mass is 35.5. The molecule has 3 rings (SSSR count). The SMILES string of the molecule is O=C(NCCCCN1CCOCC1)C1Cc2cc(Cl)ccc2O1. The van der Waals surface area contributed by atoms with Crippen molar-refractivity contribution in [1.29, 1.82) is 0 Å². The average Bonchev–Trinajstić information content (AvgIpc) is 2.98. The summed E-state index contributed by atoms with van der Waals surface area (Å²) in [6, 6.07) is 5.48. The second-order valence-corrected chi connectivity index (χ2v) is 6.45. The van der Waals surface area contributed by atoms with Gasteiger partial charge >= 0.3 is 0 Å². The molecule has 0 aliphatic carbocycles. The van der Waals surface area contributed by atoms with Crippen LogP contribution in [0.5, 0.6) is 5.75 Å². The number of ether oxygens (including phenoxy) is 2. The summed E-state index contributed by atoms with van der Waals surface area (Å²) >= 11 is 5.97. The summed E-state index contributed by atoms with van der Waals surface area (Å²) in [5, 5.41) is 3.65. The van der Waals surface area contributed by atoms with Crippen LogP contribution < -0.4 is 10.1 Å². The van der Waals surface area contributed by atoms with Crippen molar-refractivity contribution in [3.63, 3.8) is 0 Å². The van der Waals surface area contributed by atoms with Crippen molar-refractivity contribution in [2.24, 2.45) is 0 Å². The zero-order chi connectivity index (χ0) is 16.1. The van der Waals surface area contributed by atoms with Crippen LogP contribution in [0.15, 0.2) is 18.2 Å². The van der Waals surface area contributed by atoms with E-state index in [9.17, 15) is 4.79 Å².